The first kappa shape index (κ1) is 35.5. The summed E-state index contributed by atoms with van der Waals surface area (Å²) in [5.74, 6) is 0.893. The van der Waals surface area contributed by atoms with Gasteiger partial charge in [-0.3, -0.25) is 14.4 Å². The molecule has 2 aliphatic heterocycles. The van der Waals surface area contributed by atoms with E-state index < -0.39 is 17.6 Å². The van der Waals surface area contributed by atoms with Crippen molar-refractivity contribution in [2.24, 2.45) is 17.8 Å². The monoisotopic (exact) mass is 647 g/mol. The molecule has 4 aliphatic rings. The number of amides is 2. The number of methoxy groups -OCH3 is 1. The van der Waals surface area contributed by atoms with Gasteiger partial charge in [-0.25, -0.2) is 9.59 Å². The molecule has 4 fully saturated rings. The summed E-state index contributed by atoms with van der Waals surface area (Å²) < 4.78 is 15.1. The number of Topliss-reactive ketones (excluding diaryl/α,β-unsaturated/α-hetero) is 1. The fraction of sp³-hybridized carbons (Fsp3) is 0.794. The van der Waals surface area contributed by atoms with E-state index in [4.69, 9.17) is 14.0 Å². The normalized spacial score (nSPS) is 27.7. The third kappa shape index (κ3) is 8.73. The molecule has 0 bridgehead atoms. The van der Waals surface area contributed by atoms with Crippen LogP contribution in [0, 0.1) is 17.8 Å². The van der Waals surface area contributed by atoms with E-state index in [1.165, 1.54) is 56.6 Å². The molecule has 3 heterocycles. The maximum Gasteiger partial charge on any atom is 0.409 e. The third-order valence-electron chi connectivity index (χ3n) is 11.0. The van der Waals surface area contributed by atoms with Gasteiger partial charge in [-0.05, 0) is 77.0 Å². The van der Waals surface area contributed by atoms with Crippen LogP contribution in [0.4, 0.5) is 9.59 Å². The third-order valence-corrected chi connectivity index (χ3v) is 11.0. The van der Waals surface area contributed by atoms with Gasteiger partial charge in [0.2, 0.25) is 0 Å². The van der Waals surface area contributed by atoms with Crippen molar-refractivity contribution in [3.63, 3.8) is 0 Å². The molecule has 12 nitrogen and oxygen atoms in total. The summed E-state index contributed by atoms with van der Waals surface area (Å²) in [6.45, 7) is 4.99. The van der Waals surface area contributed by atoms with E-state index in [-0.39, 0.29) is 48.3 Å². The SMILES string of the molecule is CCOC(=O)CC(=O)[C@@H]1CCN(C(=O)O)[C@](C)(C2CCCCC2)C1.COC(=O)N1CC[C@@H](c2cc(=O)[nH]o2)C[C@H]1C1CCCCC1. The Kier molecular flexibility index (Phi) is 12.7. The summed E-state index contributed by atoms with van der Waals surface area (Å²) in [4.78, 5) is 62.6. The van der Waals surface area contributed by atoms with Gasteiger partial charge in [0.25, 0.3) is 5.56 Å². The van der Waals surface area contributed by atoms with Gasteiger partial charge in [-0.1, -0.05) is 38.5 Å². The summed E-state index contributed by atoms with van der Waals surface area (Å²) in [5.41, 5.74) is -0.709. The van der Waals surface area contributed by atoms with Gasteiger partial charge in [0, 0.05) is 42.6 Å². The molecule has 2 N–H and O–H groups in total. The molecule has 0 aromatic carbocycles. The largest absolute Gasteiger partial charge is 0.466 e. The molecule has 12 heteroatoms. The zero-order valence-electron chi connectivity index (χ0n) is 27.8. The number of aromatic amines is 1. The topological polar surface area (TPSA) is 159 Å². The summed E-state index contributed by atoms with van der Waals surface area (Å²) in [6.07, 6.45) is 12.9. The summed E-state index contributed by atoms with van der Waals surface area (Å²) >= 11 is 0. The quantitative estimate of drug-likeness (QED) is 0.263. The zero-order valence-corrected chi connectivity index (χ0v) is 27.8. The number of likely N-dealkylation sites (tertiary alicyclic amines) is 2. The maximum atomic E-state index is 12.5. The maximum absolute atomic E-state index is 12.5. The first-order chi connectivity index (χ1) is 22.1. The molecule has 0 spiro atoms. The highest BCUT2D eigenvalue weighted by atomic mass is 16.5. The van der Waals surface area contributed by atoms with Gasteiger partial charge >= 0.3 is 18.2 Å². The van der Waals surface area contributed by atoms with Crippen molar-refractivity contribution in [2.45, 2.75) is 128 Å². The predicted octanol–water partition coefficient (Wildman–Crippen LogP) is 6.10. The van der Waals surface area contributed by atoms with Crippen molar-refractivity contribution in [2.75, 3.05) is 26.8 Å². The van der Waals surface area contributed by atoms with Crippen LogP contribution in [0.25, 0.3) is 0 Å². The average Bonchev–Trinajstić information content (AvgIpc) is 3.51. The van der Waals surface area contributed by atoms with Crippen molar-refractivity contribution in [1.82, 2.24) is 15.0 Å². The highest BCUT2D eigenvalue weighted by Gasteiger charge is 2.48. The van der Waals surface area contributed by atoms with Crippen LogP contribution < -0.4 is 5.56 Å². The number of piperidine rings is 2. The van der Waals surface area contributed by atoms with E-state index in [0.717, 1.165) is 44.3 Å². The molecule has 1 aromatic heterocycles. The van der Waals surface area contributed by atoms with Crippen molar-refractivity contribution in [3.05, 3.63) is 22.2 Å². The fourth-order valence-electron chi connectivity index (χ4n) is 8.51. The molecule has 1 aromatic rings. The molecular weight excluding hydrogens is 594 g/mol. The number of H-pyrrole nitrogens is 1. The van der Waals surface area contributed by atoms with Crippen LogP contribution in [0.1, 0.15) is 122 Å². The number of rotatable bonds is 7. The van der Waals surface area contributed by atoms with Crippen LogP contribution in [0.2, 0.25) is 0 Å². The number of ether oxygens (including phenoxy) is 2. The number of hydrogen-bond acceptors (Lipinski definition) is 8. The number of nitrogens with one attached hydrogen (secondary N) is 1. The summed E-state index contributed by atoms with van der Waals surface area (Å²) in [6, 6.07) is 1.72. The summed E-state index contributed by atoms with van der Waals surface area (Å²) in [7, 11) is 1.44. The van der Waals surface area contributed by atoms with Gasteiger partial charge in [0.05, 0.1) is 13.7 Å². The van der Waals surface area contributed by atoms with Gasteiger partial charge in [0.15, 0.2) is 0 Å². The number of hydrogen-bond donors (Lipinski definition) is 2. The standard InChI is InChI=1S/C18H29NO5.C16H24N2O4/c1-3-24-16(21)11-15(20)13-9-10-19(17(22)23)18(2,12-13)14-7-5-4-6-8-14;1-21-16(20)18-8-7-12(14-10-15(19)17-22-14)9-13(18)11-5-3-2-4-6-11/h13-14H,3-12H2,1-2H3,(H,22,23);10-13H,2-9H2,1H3,(H,17,19)/t13-,18+;12-,13+/m11/s1. The number of carbonyl (C=O) groups is 4. The van der Waals surface area contributed by atoms with Crippen LogP contribution in [0.15, 0.2) is 15.4 Å². The number of ketones is 1. The lowest BCUT2D eigenvalue weighted by Gasteiger charge is -2.51. The van der Waals surface area contributed by atoms with Crippen molar-refractivity contribution in [1.29, 1.82) is 0 Å². The van der Waals surface area contributed by atoms with E-state index in [1.54, 1.807) is 6.92 Å². The lowest BCUT2D eigenvalue weighted by atomic mass is 9.67. The minimum Gasteiger partial charge on any atom is -0.466 e. The molecular formula is C34H53N3O9. The Bertz CT molecular complexity index is 1230. The van der Waals surface area contributed by atoms with Crippen molar-refractivity contribution >= 4 is 23.9 Å². The molecule has 2 saturated carbocycles. The number of carboxylic acid groups (broad SMARTS) is 1. The molecule has 2 aliphatic carbocycles. The Morgan fingerprint density at radius 3 is 2.26 bits per heavy atom. The van der Waals surface area contributed by atoms with Crippen LogP contribution in [-0.2, 0) is 19.1 Å². The predicted molar refractivity (Wildman–Crippen MR) is 169 cm³/mol. The lowest BCUT2D eigenvalue weighted by molar-refractivity contribution is -0.147. The average molecular weight is 648 g/mol. The lowest BCUT2D eigenvalue weighted by Crippen LogP contribution is -2.59. The second-order valence-corrected chi connectivity index (χ2v) is 13.7. The highest BCUT2D eigenvalue weighted by Crippen LogP contribution is 2.44. The number of aromatic nitrogens is 1. The molecule has 46 heavy (non-hydrogen) atoms. The van der Waals surface area contributed by atoms with Crippen LogP contribution in [0.3, 0.4) is 0 Å². The highest BCUT2D eigenvalue weighted by molar-refractivity contribution is 5.97. The van der Waals surface area contributed by atoms with E-state index in [1.807, 2.05) is 11.8 Å². The molecule has 258 valence electrons. The Morgan fingerprint density at radius 2 is 1.67 bits per heavy atom. The van der Waals surface area contributed by atoms with Crippen molar-refractivity contribution in [3.8, 4) is 0 Å². The molecule has 0 unspecified atom stereocenters. The zero-order chi connectivity index (χ0) is 33.3. The Labute approximate surface area is 271 Å². The molecule has 0 radical (unpaired) electrons. The number of carbonyl (C=O) groups excluding carboxylic acids is 3. The van der Waals surface area contributed by atoms with E-state index >= 15 is 0 Å². The van der Waals surface area contributed by atoms with Gasteiger partial charge in [0.1, 0.15) is 18.0 Å². The van der Waals surface area contributed by atoms with E-state index in [2.05, 4.69) is 5.16 Å². The van der Waals surface area contributed by atoms with E-state index in [0.29, 0.717) is 37.8 Å². The Morgan fingerprint density at radius 1 is 1.00 bits per heavy atom. The van der Waals surface area contributed by atoms with E-state index in [9.17, 15) is 29.1 Å². The van der Waals surface area contributed by atoms with Crippen LogP contribution in [-0.4, -0.2) is 82.4 Å². The first-order valence-corrected chi connectivity index (χ1v) is 17.3. The minimum atomic E-state index is -0.903. The number of esters is 1. The first-order valence-electron chi connectivity index (χ1n) is 17.3. The number of nitrogens with zero attached hydrogens (tertiary/aromatic N) is 2. The van der Waals surface area contributed by atoms with Gasteiger partial charge < -0.3 is 28.9 Å². The molecule has 4 atom stereocenters. The molecule has 2 saturated heterocycles. The minimum absolute atomic E-state index is 0.111. The van der Waals surface area contributed by atoms with Gasteiger partial charge in [-0.15, -0.1) is 0 Å². The smallest absolute Gasteiger partial charge is 0.409 e. The van der Waals surface area contributed by atoms with Crippen LogP contribution >= 0.6 is 0 Å². The molecule has 5 rings (SSSR count). The Balaban J connectivity index is 0.000000209. The molecule has 2 amide bonds. The second-order valence-electron chi connectivity index (χ2n) is 13.7. The summed E-state index contributed by atoms with van der Waals surface area (Å²) in [5, 5.41) is 12.0. The fourth-order valence-corrected chi connectivity index (χ4v) is 8.51. The Hall–Kier alpha value is -3.31. The van der Waals surface area contributed by atoms with Crippen molar-refractivity contribution < 1.29 is 38.3 Å². The van der Waals surface area contributed by atoms with Crippen LogP contribution in [0.5, 0.6) is 0 Å². The van der Waals surface area contributed by atoms with Gasteiger partial charge in [-0.2, -0.15) is 5.16 Å². The second kappa shape index (κ2) is 16.5.